The summed E-state index contributed by atoms with van der Waals surface area (Å²) in [6, 6.07) is 1.64. The quantitative estimate of drug-likeness (QED) is 0.767. The zero-order chi connectivity index (χ0) is 10.8. The van der Waals surface area contributed by atoms with Gasteiger partial charge in [0.25, 0.3) is 0 Å². The van der Waals surface area contributed by atoms with E-state index in [1.54, 1.807) is 0 Å². The van der Waals surface area contributed by atoms with Crippen LogP contribution < -0.4 is 5.32 Å². The van der Waals surface area contributed by atoms with Gasteiger partial charge in [0.05, 0.1) is 0 Å². The molecule has 1 aliphatic carbocycles. The van der Waals surface area contributed by atoms with Crippen LogP contribution in [-0.4, -0.2) is 37.1 Å². The average Bonchev–Trinajstić information content (AvgIpc) is 2.13. The average molecular weight is 210 g/mol. The summed E-state index contributed by atoms with van der Waals surface area (Å²) in [7, 11) is 2.23. The predicted octanol–water partition coefficient (Wildman–Crippen LogP) is 2.10. The van der Waals surface area contributed by atoms with Crippen molar-refractivity contribution in [2.24, 2.45) is 11.8 Å². The molecule has 2 heteroatoms. The smallest absolute Gasteiger partial charge is 0.00940 e. The minimum atomic E-state index is 0.805. The molecule has 1 N–H and O–H groups in total. The Hall–Kier alpha value is -0.0800. The summed E-state index contributed by atoms with van der Waals surface area (Å²) in [5.74, 6) is 1.88. The number of nitrogens with zero attached hydrogens (tertiary/aromatic N) is 1. The second kappa shape index (κ2) is 4.84. The van der Waals surface area contributed by atoms with Crippen molar-refractivity contribution in [2.45, 2.75) is 51.6 Å². The zero-order valence-corrected chi connectivity index (χ0v) is 10.5. The zero-order valence-electron chi connectivity index (χ0n) is 10.5. The van der Waals surface area contributed by atoms with Gasteiger partial charge < -0.3 is 10.2 Å². The topological polar surface area (TPSA) is 15.3 Å². The summed E-state index contributed by atoms with van der Waals surface area (Å²) in [6.45, 7) is 7.27. The van der Waals surface area contributed by atoms with Gasteiger partial charge in [0.15, 0.2) is 0 Å². The summed E-state index contributed by atoms with van der Waals surface area (Å²) < 4.78 is 0. The van der Waals surface area contributed by atoms with Gasteiger partial charge in [-0.2, -0.15) is 0 Å². The molecular weight excluding hydrogens is 184 g/mol. The van der Waals surface area contributed by atoms with Crippen LogP contribution in [0.1, 0.15) is 39.5 Å². The van der Waals surface area contributed by atoms with Crippen molar-refractivity contribution >= 4 is 0 Å². The fourth-order valence-electron chi connectivity index (χ4n) is 2.85. The molecule has 0 aromatic heterocycles. The molecule has 1 aliphatic heterocycles. The highest BCUT2D eigenvalue weighted by Crippen LogP contribution is 2.34. The van der Waals surface area contributed by atoms with Crippen molar-refractivity contribution in [1.82, 2.24) is 10.2 Å². The number of hydrogen-bond acceptors (Lipinski definition) is 2. The van der Waals surface area contributed by atoms with Crippen LogP contribution in [0.25, 0.3) is 0 Å². The molecule has 15 heavy (non-hydrogen) atoms. The second-order valence-electron chi connectivity index (χ2n) is 5.92. The monoisotopic (exact) mass is 210 g/mol. The van der Waals surface area contributed by atoms with Gasteiger partial charge >= 0.3 is 0 Å². The molecule has 0 aromatic rings. The molecule has 2 rings (SSSR count). The Morgan fingerprint density at radius 3 is 2.20 bits per heavy atom. The van der Waals surface area contributed by atoms with Crippen molar-refractivity contribution in [3.8, 4) is 0 Å². The molecule has 2 aliphatic rings. The third kappa shape index (κ3) is 2.94. The van der Waals surface area contributed by atoms with Gasteiger partial charge in [-0.3, -0.25) is 0 Å². The first kappa shape index (κ1) is 11.4. The lowest BCUT2D eigenvalue weighted by Crippen LogP contribution is -2.50. The number of rotatable bonds is 3. The summed E-state index contributed by atoms with van der Waals surface area (Å²) in [4.78, 5) is 2.44. The van der Waals surface area contributed by atoms with Gasteiger partial charge in [-0.25, -0.2) is 0 Å². The molecule has 1 saturated carbocycles. The summed E-state index contributed by atoms with van der Waals surface area (Å²) >= 11 is 0. The molecule has 0 bridgehead atoms. The van der Waals surface area contributed by atoms with Gasteiger partial charge in [0, 0.05) is 12.1 Å². The highest BCUT2D eigenvalue weighted by atomic mass is 15.1. The van der Waals surface area contributed by atoms with Crippen molar-refractivity contribution in [3.05, 3.63) is 0 Å². The molecule has 1 saturated heterocycles. The number of nitrogens with one attached hydrogen (secondary N) is 1. The van der Waals surface area contributed by atoms with E-state index in [0.29, 0.717) is 0 Å². The minimum absolute atomic E-state index is 0.805. The normalized spacial score (nSPS) is 34.4. The Labute approximate surface area is 94.4 Å². The highest BCUT2D eigenvalue weighted by Gasteiger charge is 2.32. The Bertz CT molecular complexity index is 189. The first-order valence-corrected chi connectivity index (χ1v) is 6.59. The largest absolute Gasteiger partial charge is 0.311 e. The Balaban J connectivity index is 1.63. The Morgan fingerprint density at radius 2 is 1.67 bits per heavy atom. The molecular formula is C13H26N2. The third-order valence-corrected chi connectivity index (χ3v) is 4.31. The van der Waals surface area contributed by atoms with Crippen LogP contribution in [-0.2, 0) is 0 Å². The molecule has 0 radical (unpaired) electrons. The molecule has 0 spiro atoms. The van der Waals surface area contributed by atoms with Gasteiger partial charge in [0.2, 0.25) is 0 Å². The number of likely N-dealkylation sites (tertiary alicyclic amines) is 1. The summed E-state index contributed by atoms with van der Waals surface area (Å²) in [5.41, 5.74) is 0. The van der Waals surface area contributed by atoms with E-state index >= 15 is 0 Å². The van der Waals surface area contributed by atoms with Crippen LogP contribution in [0.4, 0.5) is 0 Å². The summed E-state index contributed by atoms with van der Waals surface area (Å²) in [5, 5.41) is 3.83. The molecule has 88 valence electrons. The second-order valence-corrected chi connectivity index (χ2v) is 5.92. The third-order valence-electron chi connectivity index (χ3n) is 4.31. The van der Waals surface area contributed by atoms with E-state index in [-0.39, 0.29) is 0 Å². The SMILES string of the molecule is CC(C)C1CC(NC2CCN(C)CC2)C1. The lowest BCUT2D eigenvalue weighted by molar-refractivity contribution is 0.137. The van der Waals surface area contributed by atoms with Gasteiger partial charge in [0.1, 0.15) is 0 Å². The fraction of sp³-hybridized carbons (Fsp3) is 1.00. The molecule has 0 aromatic carbocycles. The maximum absolute atomic E-state index is 3.83. The molecule has 0 amide bonds. The van der Waals surface area contributed by atoms with Crippen LogP contribution in [0.5, 0.6) is 0 Å². The van der Waals surface area contributed by atoms with Crippen molar-refractivity contribution < 1.29 is 0 Å². The fourth-order valence-corrected chi connectivity index (χ4v) is 2.85. The van der Waals surface area contributed by atoms with Crippen LogP contribution in [0.3, 0.4) is 0 Å². The van der Waals surface area contributed by atoms with Crippen molar-refractivity contribution in [3.63, 3.8) is 0 Å². The molecule has 0 unspecified atom stereocenters. The molecule has 0 atom stereocenters. The van der Waals surface area contributed by atoms with Crippen LogP contribution >= 0.6 is 0 Å². The van der Waals surface area contributed by atoms with Crippen LogP contribution in [0.15, 0.2) is 0 Å². The van der Waals surface area contributed by atoms with E-state index in [1.807, 2.05) is 0 Å². The maximum atomic E-state index is 3.83. The molecule has 1 heterocycles. The first-order chi connectivity index (χ1) is 7.15. The van der Waals surface area contributed by atoms with Crippen molar-refractivity contribution in [1.29, 1.82) is 0 Å². The van der Waals surface area contributed by atoms with E-state index in [1.165, 1.54) is 38.8 Å². The number of piperidine rings is 1. The first-order valence-electron chi connectivity index (χ1n) is 6.59. The van der Waals surface area contributed by atoms with Gasteiger partial charge in [-0.15, -0.1) is 0 Å². The lowest BCUT2D eigenvalue weighted by Gasteiger charge is -2.42. The molecule has 2 nitrogen and oxygen atoms in total. The number of hydrogen-bond donors (Lipinski definition) is 1. The Morgan fingerprint density at radius 1 is 1.07 bits per heavy atom. The van der Waals surface area contributed by atoms with E-state index < -0.39 is 0 Å². The summed E-state index contributed by atoms with van der Waals surface area (Å²) in [6.07, 6.45) is 5.53. The lowest BCUT2D eigenvalue weighted by atomic mass is 9.73. The Kier molecular flexibility index (Phi) is 3.68. The minimum Gasteiger partial charge on any atom is -0.311 e. The standard InChI is InChI=1S/C13H26N2/c1-10(2)11-8-13(9-11)14-12-4-6-15(3)7-5-12/h10-14H,4-9H2,1-3H3. The predicted molar refractivity (Wildman–Crippen MR) is 65.0 cm³/mol. The van der Waals surface area contributed by atoms with E-state index in [9.17, 15) is 0 Å². The highest BCUT2D eigenvalue weighted by molar-refractivity contribution is 4.89. The maximum Gasteiger partial charge on any atom is 0.00940 e. The van der Waals surface area contributed by atoms with Crippen LogP contribution in [0.2, 0.25) is 0 Å². The van der Waals surface area contributed by atoms with Crippen LogP contribution in [0, 0.1) is 11.8 Å². The molecule has 2 fully saturated rings. The van der Waals surface area contributed by atoms with E-state index in [2.05, 4.69) is 31.1 Å². The van der Waals surface area contributed by atoms with Gasteiger partial charge in [-0.1, -0.05) is 13.8 Å². The van der Waals surface area contributed by atoms with E-state index in [0.717, 1.165) is 23.9 Å². The van der Waals surface area contributed by atoms with Gasteiger partial charge in [-0.05, 0) is 57.7 Å². The van der Waals surface area contributed by atoms with E-state index in [4.69, 9.17) is 0 Å². The van der Waals surface area contributed by atoms with Crippen molar-refractivity contribution in [2.75, 3.05) is 20.1 Å².